The first kappa shape index (κ1) is 14.9. The fraction of sp³-hybridized carbons (Fsp3) is 0.600. The van der Waals surface area contributed by atoms with E-state index in [1.807, 2.05) is 0 Å². The molecule has 0 aromatic heterocycles. The molecule has 0 saturated heterocycles. The molecular formula is C10H6F8O2. The summed E-state index contributed by atoms with van der Waals surface area (Å²) in [5.74, 6) is -23.3. The van der Waals surface area contributed by atoms with Crippen LogP contribution in [0.2, 0.25) is 0 Å². The molecule has 0 fully saturated rings. The van der Waals surface area contributed by atoms with Crippen molar-refractivity contribution in [1.82, 2.24) is 0 Å². The van der Waals surface area contributed by atoms with Crippen molar-refractivity contribution in [2.75, 3.05) is 14.2 Å². The molecular weight excluding hydrogens is 304 g/mol. The van der Waals surface area contributed by atoms with Crippen molar-refractivity contribution in [2.24, 2.45) is 0 Å². The van der Waals surface area contributed by atoms with E-state index in [4.69, 9.17) is 0 Å². The first-order chi connectivity index (χ1) is 8.89. The third-order valence-electron chi connectivity index (χ3n) is 3.10. The highest BCUT2D eigenvalue weighted by atomic mass is 19.3. The Labute approximate surface area is 106 Å². The maximum atomic E-state index is 13.2. The van der Waals surface area contributed by atoms with E-state index in [-0.39, 0.29) is 0 Å². The smallest absolute Gasteiger partial charge is 0.370 e. The molecule has 10 heteroatoms. The molecule has 0 aromatic carbocycles. The number of ether oxygens (including phenoxy) is 2. The van der Waals surface area contributed by atoms with Crippen LogP contribution in [0.15, 0.2) is 22.7 Å². The van der Waals surface area contributed by atoms with Gasteiger partial charge in [0.1, 0.15) is 0 Å². The summed E-state index contributed by atoms with van der Waals surface area (Å²) >= 11 is 0. The summed E-state index contributed by atoms with van der Waals surface area (Å²) < 4.78 is 113. The fourth-order valence-corrected chi connectivity index (χ4v) is 2.07. The molecule has 114 valence electrons. The zero-order valence-electron chi connectivity index (χ0n) is 9.84. The van der Waals surface area contributed by atoms with E-state index in [0.29, 0.717) is 14.2 Å². The zero-order valence-corrected chi connectivity index (χ0v) is 9.84. The van der Waals surface area contributed by atoms with E-state index in [1.54, 1.807) is 0 Å². The largest absolute Gasteiger partial charge is 0.494 e. The second kappa shape index (κ2) is 3.59. The molecule has 0 bridgehead atoms. The molecule has 2 aliphatic rings. The van der Waals surface area contributed by atoms with Crippen molar-refractivity contribution in [3.63, 3.8) is 0 Å². The Kier molecular flexibility index (Phi) is 2.67. The van der Waals surface area contributed by atoms with Crippen LogP contribution in [0.3, 0.4) is 0 Å². The molecule has 2 aliphatic carbocycles. The number of halogens is 8. The Morgan fingerprint density at radius 2 is 0.800 bits per heavy atom. The predicted molar refractivity (Wildman–Crippen MR) is 47.9 cm³/mol. The van der Waals surface area contributed by atoms with Gasteiger partial charge in [0.2, 0.25) is 0 Å². The number of alkyl halides is 8. The van der Waals surface area contributed by atoms with Crippen molar-refractivity contribution in [1.29, 1.82) is 0 Å². The van der Waals surface area contributed by atoms with Crippen molar-refractivity contribution in [3.8, 4) is 0 Å². The highest BCUT2D eigenvalue weighted by molar-refractivity contribution is 5.62. The molecule has 0 amide bonds. The van der Waals surface area contributed by atoms with Crippen LogP contribution in [0.25, 0.3) is 0 Å². The number of rotatable bonds is 3. The lowest BCUT2D eigenvalue weighted by Gasteiger charge is -2.47. The molecule has 0 radical (unpaired) electrons. The minimum Gasteiger partial charge on any atom is -0.494 e. The number of hydrogen-bond acceptors (Lipinski definition) is 2. The van der Waals surface area contributed by atoms with Crippen LogP contribution >= 0.6 is 0 Å². The molecule has 0 spiro atoms. The molecule has 0 aromatic rings. The summed E-state index contributed by atoms with van der Waals surface area (Å²) in [6, 6.07) is 0. The van der Waals surface area contributed by atoms with E-state index in [9.17, 15) is 35.1 Å². The van der Waals surface area contributed by atoms with E-state index >= 15 is 0 Å². The summed E-state index contributed by atoms with van der Waals surface area (Å²) in [6.45, 7) is 0. The third-order valence-corrected chi connectivity index (χ3v) is 3.10. The molecule has 2 nitrogen and oxygen atoms in total. The second-order valence-electron chi connectivity index (χ2n) is 4.11. The molecule has 20 heavy (non-hydrogen) atoms. The number of hydrogen-bond donors (Lipinski definition) is 0. The molecule has 0 N–H and O–H groups in total. The van der Waals surface area contributed by atoms with Crippen LogP contribution in [0, 0.1) is 0 Å². The Morgan fingerprint density at radius 3 is 1.00 bits per heavy atom. The monoisotopic (exact) mass is 310 g/mol. The van der Waals surface area contributed by atoms with Crippen LogP contribution in [-0.2, 0) is 9.47 Å². The van der Waals surface area contributed by atoms with Crippen molar-refractivity contribution in [3.05, 3.63) is 22.7 Å². The van der Waals surface area contributed by atoms with Gasteiger partial charge in [-0.1, -0.05) is 0 Å². The summed E-state index contributed by atoms with van der Waals surface area (Å²) in [5, 5.41) is 0. The van der Waals surface area contributed by atoms with E-state index < -0.39 is 46.4 Å². The van der Waals surface area contributed by atoms with Crippen LogP contribution in [0.4, 0.5) is 35.1 Å². The highest BCUT2D eigenvalue weighted by Gasteiger charge is 2.82. The number of methoxy groups -OCH3 is 2. The van der Waals surface area contributed by atoms with Gasteiger partial charge in [-0.2, -0.15) is 35.1 Å². The van der Waals surface area contributed by atoms with Crippen molar-refractivity contribution >= 4 is 0 Å². The Balaban J connectivity index is 2.69. The van der Waals surface area contributed by atoms with Crippen LogP contribution in [0.5, 0.6) is 0 Å². The summed E-state index contributed by atoms with van der Waals surface area (Å²) in [5.41, 5.74) is -3.92. The van der Waals surface area contributed by atoms with Gasteiger partial charge in [0.15, 0.2) is 11.5 Å². The third kappa shape index (κ3) is 1.25. The second-order valence-corrected chi connectivity index (χ2v) is 4.11. The van der Waals surface area contributed by atoms with Crippen molar-refractivity contribution in [2.45, 2.75) is 23.7 Å². The van der Waals surface area contributed by atoms with E-state index in [2.05, 4.69) is 9.47 Å². The predicted octanol–water partition coefficient (Wildman–Crippen LogP) is 3.36. The van der Waals surface area contributed by atoms with Gasteiger partial charge in [0.05, 0.1) is 25.4 Å². The first-order valence-electron chi connectivity index (χ1n) is 4.99. The quantitative estimate of drug-likeness (QED) is 0.744. The highest BCUT2D eigenvalue weighted by Crippen LogP contribution is 2.66. The van der Waals surface area contributed by atoms with Gasteiger partial charge < -0.3 is 9.47 Å². The topological polar surface area (TPSA) is 18.5 Å². The van der Waals surface area contributed by atoms with Gasteiger partial charge in [-0.15, -0.1) is 0 Å². The average Bonchev–Trinajstić information content (AvgIpc) is 2.31. The molecule has 0 heterocycles. The van der Waals surface area contributed by atoms with Crippen LogP contribution in [0.1, 0.15) is 0 Å². The minimum atomic E-state index is -5.04. The molecule has 2 rings (SSSR count). The maximum Gasteiger partial charge on any atom is 0.370 e. The first-order valence-corrected chi connectivity index (χ1v) is 4.99. The molecule has 0 saturated carbocycles. The van der Waals surface area contributed by atoms with Crippen LogP contribution in [-0.4, -0.2) is 37.9 Å². The summed E-state index contributed by atoms with van der Waals surface area (Å²) in [4.78, 5) is 0. The normalized spacial score (nSPS) is 28.7. The van der Waals surface area contributed by atoms with Gasteiger partial charge >= 0.3 is 23.7 Å². The van der Waals surface area contributed by atoms with Gasteiger partial charge in [-0.3, -0.25) is 0 Å². The fourth-order valence-electron chi connectivity index (χ4n) is 2.07. The Morgan fingerprint density at radius 1 is 0.550 bits per heavy atom. The van der Waals surface area contributed by atoms with Gasteiger partial charge in [-0.25, -0.2) is 0 Å². The van der Waals surface area contributed by atoms with Gasteiger partial charge in [0.25, 0.3) is 0 Å². The SMILES string of the molecule is COC1=C(C2=C(OC)C(F)(F)C2(F)F)C(F)(F)C1(F)F. The van der Waals surface area contributed by atoms with Crippen molar-refractivity contribution < 1.29 is 44.6 Å². The Hall–Kier alpha value is -1.48. The minimum absolute atomic E-state index is 0.542. The van der Waals surface area contributed by atoms with E-state index in [0.717, 1.165) is 0 Å². The maximum absolute atomic E-state index is 13.2. The lowest BCUT2D eigenvalue weighted by molar-refractivity contribution is -0.240. The van der Waals surface area contributed by atoms with Crippen LogP contribution < -0.4 is 0 Å². The summed E-state index contributed by atoms with van der Waals surface area (Å²) in [6.07, 6.45) is 0. The van der Waals surface area contributed by atoms with E-state index in [1.165, 1.54) is 0 Å². The van der Waals surface area contributed by atoms with Gasteiger partial charge in [-0.05, 0) is 0 Å². The summed E-state index contributed by atoms with van der Waals surface area (Å²) in [7, 11) is 1.08. The lowest BCUT2D eigenvalue weighted by Crippen LogP contribution is -2.62. The molecule has 0 unspecified atom stereocenters. The average molecular weight is 310 g/mol. The van der Waals surface area contributed by atoms with Gasteiger partial charge in [0, 0.05) is 0 Å². The molecule has 0 atom stereocenters. The zero-order chi connectivity index (χ0) is 15.7. The number of allylic oxidation sites excluding steroid dienone is 4. The Bertz CT molecular complexity index is 483. The standard InChI is InChI=1S/C10H6F8O2/c1-19-5-3(7(11,12)9(5,15)16)4-6(20-2)10(17,18)8(4,13)14/h1-2H3. The molecule has 0 aliphatic heterocycles. The lowest BCUT2D eigenvalue weighted by atomic mass is 9.71.